The molecule has 0 N–H and O–H groups in total. The summed E-state index contributed by atoms with van der Waals surface area (Å²) in [6.45, 7) is 7.85. The summed E-state index contributed by atoms with van der Waals surface area (Å²) in [5, 5.41) is 0.659. The van der Waals surface area contributed by atoms with E-state index in [0.29, 0.717) is 17.4 Å². The van der Waals surface area contributed by atoms with Crippen LogP contribution < -0.4 is 4.90 Å². The van der Waals surface area contributed by atoms with Crippen molar-refractivity contribution in [1.82, 2.24) is 4.98 Å². The monoisotopic (exact) mass is 332 g/mol. The van der Waals surface area contributed by atoms with Gasteiger partial charge < -0.3 is 4.74 Å². The van der Waals surface area contributed by atoms with Crippen LogP contribution in [0.25, 0.3) is 0 Å². The summed E-state index contributed by atoms with van der Waals surface area (Å²) in [7, 11) is 0. The van der Waals surface area contributed by atoms with Crippen LogP contribution in [0.1, 0.15) is 31.9 Å². The second-order valence-electron chi connectivity index (χ2n) is 6.38. The highest BCUT2D eigenvalue weighted by atomic mass is 35.5. The van der Waals surface area contributed by atoms with Crippen molar-refractivity contribution < 1.29 is 9.53 Å². The Morgan fingerprint density at radius 1 is 1.22 bits per heavy atom. The van der Waals surface area contributed by atoms with Crippen LogP contribution in [-0.4, -0.2) is 16.7 Å². The number of benzene rings is 1. The molecule has 0 aliphatic rings. The minimum absolute atomic E-state index is 0.364. The highest BCUT2D eigenvalue weighted by Crippen LogP contribution is 2.20. The lowest BCUT2D eigenvalue weighted by Crippen LogP contribution is -2.37. The number of aromatic nitrogens is 1. The number of amides is 1. The fourth-order valence-corrected chi connectivity index (χ4v) is 2.12. The number of pyridine rings is 1. The maximum atomic E-state index is 12.6. The Labute approximate surface area is 142 Å². The van der Waals surface area contributed by atoms with Gasteiger partial charge in [-0.25, -0.2) is 9.78 Å². The molecule has 23 heavy (non-hydrogen) atoms. The average Bonchev–Trinajstić information content (AvgIpc) is 2.44. The topological polar surface area (TPSA) is 42.4 Å². The largest absolute Gasteiger partial charge is 0.443 e. The number of anilines is 1. The Bertz CT molecular complexity index is 678. The number of halogens is 1. The maximum Gasteiger partial charge on any atom is 0.416 e. The Kier molecular flexibility index (Phi) is 5.26. The van der Waals surface area contributed by atoms with E-state index in [9.17, 15) is 4.79 Å². The Morgan fingerprint density at radius 2 is 1.87 bits per heavy atom. The first-order valence-corrected chi connectivity index (χ1v) is 7.80. The summed E-state index contributed by atoms with van der Waals surface area (Å²) in [6, 6.07) is 11.1. The van der Waals surface area contributed by atoms with E-state index in [0.717, 1.165) is 11.1 Å². The van der Waals surface area contributed by atoms with Crippen LogP contribution in [-0.2, 0) is 11.3 Å². The molecule has 0 fully saturated rings. The van der Waals surface area contributed by atoms with Crippen molar-refractivity contribution >= 4 is 23.5 Å². The first-order valence-electron chi connectivity index (χ1n) is 7.42. The van der Waals surface area contributed by atoms with Gasteiger partial charge in [0.2, 0.25) is 0 Å². The molecule has 2 aromatic rings. The van der Waals surface area contributed by atoms with Gasteiger partial charge in [-0.3, -0.25) is 4.90 Å². The number of carbonyl (C=O) groups excluding carboxylic acids is 1. The van der Waals surface area contributed by atoms with E-state index in [4.69, 9.17) is 16.3 Å². The third-order valence-corrected chi connectivity index (χ3v) is 3.30. The molecule has 0 spiro atoms. The van der Waals surface area contributed by atoms with E-state index >= 15 is 0 Å². The molecule has 0 atom stereocenters. The summed E-state index contributed by atoms with van der Waals surface area (Å²) in [5.74, 6) is 0.564. The Balaban J connectivity index is 2.30. The third-order valence-electron chi connectivity index (χ3n) is 3.05. The van der Waals surface area contributed by atoms with Gasteiger partial charge in [-0.05, 0) is 63.1 Å². The molecular formula is C18H21ClN2O2. The molecule has 1 aromatic heterocycles. The summed E-state index contributed by atoms with van der Waals surface area (Å²) < 4.78 is 5.51. The minimum atomic E-state index is -0.570. The predicted molar refractivity (Wildman–Crippen MR) is 92.8 cm³/mol. The predicted octanol–water partition coefficient (Wildman–Crippen LogP) is 4.99. The number of rotatable bonds is 3. The van der Waals surface area contributed by atoms with Crippen molar-refractivity contribution in [3.05, 3.63) is 58.7 Å². The summed E-state index contributed by atoms with van der Waals surface area (Å²) >= 11 is 5.92. The smallest absolute Gasteiger partial charge is 0.416 e. The molecule has 122 valence electrons. The van der Waals surface area contributed by atoms with Gasteiger partial charge in [-0.1, -0.05) is 23.7 Å². The molecule has 1 amide bonds. The molecule has 0 aliphatic carbocycles. The lowest BCUT2D eigenvalue weighted by molar-refractivity contribution is 0.0576. The van der Waals surface area contributed by atoms with Crippen LogP contribution in [0.5, 0.6) is 0 Å². The number of hydrogen-bond acceptors (Lipinski definition) is 3. The molecule has 0 saturated carbocycles. The van der Waals surface area contributed by atoms with Crippen molar-refractivity contribution in [2.75, 3.05) is 4.90 Å². The minimum Gasteiger partial charge on any atom is -0.443 e. The second-order valence-corrected chi connectivity index (χ2v) is 6.82. The number of nitrogens with zero attached hydrogens (tertiary/aromatic N) is 2. The highest BCUT2D eigenvalue weighted by Gasteiger charge is 2.24. The molecule has 0 saturated heterocycles. The maximum absolute atomic E-state index is 12.6. The summed E-state index contributed by atoms with van der Waals surface area (Å²) in [5.41, 5.74) is 1.40. The number of hydrogen-bond donors (Lipinski definition) is 0. The van der Waals surface area contributed by atoms with E-state index in [2.05, 4.69) is 4.98 Å². The Hall–Kier alpha value is -2.07. The summed E-state index contributed by atoms with van der Waals surface area (Å²) in [4.78, 5) is 18.4. The molecule has 5 heteroatoms. The molecular weight excluding hydrogens is 312 g/mol. The molecule has 0 bridgehead atoms. The lowest BCUT2D eigenvalue weighted by Gasteiger charge is -2.27. The third kappa shape index (κ3) is 5.25. The van der Waals surface area contributed by atoms with E-state index in [1.807, 2.05) is 52.0 Å². The average molecular weight is 333 g/mol. The van der Waals surface area contributed by atoms with Gasteiger partial charge in [0.15, 0.2) is 0 Å². The molecule has 0 radical (unpaired) electrons. The van der Waals surface area contributed by atoms with Crippen molar-refractivity contribution in [2.24, 2.45) is 0 Å². The van der Waals surface area contributed by atoms with Crippen LogP contribution in [0, 0.1) is 6.92 Å². The van der Waals surface area contributed by atoms with Crippen molar-refractivity contribution in [1.29, 1.82) is 0 Å². The zero-order valence-electron chi connectivity index (χ0n) is 13.8. The van der Waals surface area contributed by atoms with E-state index in [1.165, 1.54) is 4.90 Å². The first-order chi connectivity index (χ1) is 10.7. The summed E-state index contributed by atoms with van der Waals surface area (Å²) in [6.07, 6.45) is 1.26. The first kappa shape index (κ1) is 17.3. The van der Waals surface area contributed by atoms with Crippen LogP contribution >= 0.6 is 11.6 Å². The fraction of sp³-hybridized carbons (Fsp3) is 0.333. The van der Waals surface area contributed by atoms with Gasteiger partial charge in [0.1, 0.15) is 11.4 Å². The van der Waals surface area contributed by atoms with Gasteiger partial charge in [0.25, 0.3) is 0 Å². The van der Waals surface area contributed by atoms with Crippen molar-refractivity contribution in [3.63, 3.8) is 0 Å². The van der Waals surface area contributed by atoms with Crippen LogP contribution in [0.15, 0.2) is 42.6 Å². The number of carbonyl (C=O) groups is 1. The van der Waals surface area contributed by atoms with E-state index < -0.39 is 11.7 Å². The lowest BCUT2D eigenvalue weighted by atomic mass is 10.2. The van der Waals surface area contributed by atoms with Crippen LogP contribution in [0.3, 0.4) is 0 Å². The highest BCUT2D eigenvalue weighted by molar-refractivity contribution is 6.30. The quantitative estimate of drug-likeness (QED) is 0.795. The van der Waals surface area contributed by atoms with Gasteiger partial charge in [0, 0.05) is 11.2 Å². The van der Waals surface area contributed by atoms with E-state index in [1.54, 1.807) is 18.3 Å². The Morgan fingerprint density at radius 3 is 2.43 bits per heavy atom. The molecule has 1 aromatic carbocycles. The van der Waals surface area contributed by atoms with Crippen LogP contribution in [0.2, 0.25) is 5.02 Å². The van der Waals surface area contributed by atoms with Gasteiger partial charge in [-0.15, -0.1) is 0 Å². The normalized spacial score (nSPS) is 11.2. The second kappa shape index (κ2) is 7.01. The van der Waals surface area contributed by atoms with Gasteiger partial charge >= 0.3 is 6.09 Å². The van der Waals surface area contributed by atoms with Crippen molar-refractivity contribution in [2.45, 2.75) is 39.8 Å². The van der Waals surface area contributed by atoms with Crippen LogP contribution in [0.4, 0.5) is 10.6 Å². The van der Waals surface area contributed by atoms with Gasteiger partial charge in [0.05, 0.1) is 6.54 Å². The zero-order chi connectivity index (χ0) is 17.0. The molecule has 0 aliphatic heterocycles. The molecule has 0 unspecified atom stereocenters. The van der Waals surface area contributed by atoms with Gasteiger partial charge in [-0.2, -0.15) is 0 Å². The fourth-order valence-electron chi connectivity index (χ4n) is 2.00. The number of aryl methyl sites for hydroxylation is 1. The van der Waals surface area contributed by atoms with Crippen molar-refractivity contribution in [3.8, 4) is 0 Å². The standard InChI is InChI=1S/C18H21ClN2O2/c1-13-9-10-20-16(11-13)21(17(22)23-18(2,3)4)12-14-5-7-15(19)8-6-14/h5-11H,12H2,1-4H3. The zero-order valence-corrected chi connectivity index (χ0v) is 14.6. The molecule has 4 nitrogen and oxygen atoms in total. The molecule has 1 heterocycles. The molecule has 2 rings (SSSR count). The SMILES string of the molecule is Cc1ccnc(N(Cc2ccc(Cl)cc2)C(=O)OC(C)(C)C)c1. The number of ether oxygens (including phenoxy) is 1. The van der Waals surface area contributed by atoms with E-state index in [-0.39, 0.29) is 0 Å².